The van der Waals surface area contributed by atoms with E-state index < -0.39 is 0 Å². The maximum absolute atomic E-state index is 5.81. The number of hydrogen-bond donors (Lipinski definition) is 1. The smallest absolute Gasteiger partial charge is 0.261 e. The minimum Gasteiger partial charge on any atom is -0.431 e. The van der Waals surface area contributed by atoms with Gasteiger partial charge in [0.25, 0.3) is 5.22 Å². The van der Waals surface area contributed by atoms with Crippen LogP contribution in [0.1, 0.15) is 0 Å². The molecule has 0 aliphatic carbocycles. The molecule has 0 bridgehead atoms. The molecule has 0 saturated carbocycles. The van der Waals surface area contributed by atoms with Crippen molar-refractivity contribution >= 4 is 39.6 Å². The SMILES string of the molecule is Nc1ccc(Sc2nc3ccccc3o2)c2nonc12. The van der Waals surface area contributed by atoms with E-state index in [1.807, 2.05) is 30.3 Å². The van der Waals surface area contributed by atoms with Crippen molar-refractivity contribution in [2.24, 2.45) is 0 Å². The van der Waals surface area contributed by atoms with Crippen LogP contribution in [0.15, 0.2) is 55.6 Å². The van der Waals surface area contributed by atoms with Crippen LogP contribution < -0.4 is 5.73 Å². The van der Waals surface area contributed by atoms with Gasteiger partial charge in [-0.3, -0.25) is 0 Å². The van der Waals surface area contributed by atoms with E-state index in [-0.39, 0.29) is 0 Å². The Hall–Kier alpha value is -2.54. The third kappa shape index (κ3) is 1.71. The maximum Gasteiger partial charge on any atom is 0.261 e. The molecule has 0 unspecified atom stereocenters. The van der Waals surface area contributed by atoms with Gasteiger partial charge in [-0.2, -0.15) is 0 Å². The Morgan fingerprint density at radius 2 is 1.85 bits per heavy atom. The lowest BCUT2D eigenvalue weighted by atomic mass is 10.3. The topological polar surface area (TPSA) is 91.0 Å². The Bertz CT molecular complexity index is 882. The van der Waals surface area contributed by atoms with Crippen molar-refractivity contribution in [3.63, 3.8) is 0 Å². The summed E-state index contributed by atoms with van der Waals surface area (Å²) in [4.78, 5) is 5.24. The molecule has 2 heterocycles. The molecule has 0 aliphatic rings. The number of nitrogens with two attached hydrogens (primary N) is 1. The zero-order valence-electron chi connectivity index (χ0n) is 10.1. The summed E-state index contributed by atoms with van der Waals surface area (Å²) in [6, 6.07) is 11.2. The van der Waals surface area contributed by atoms with E-state index in [0.717, 1.165) is 16.0 Å². The number of benzene rings is 2. The fourth-order valence-corrected chi connectivity index (χ4v) is 2.76. The summed E-state index contributed by atoms with van der Waals surface area (Å²) < 4.78 is 10.4. The van der Waals surface area contributed by atoms with E-state index in [4.69, 9.17) is 14.8 Å². The first-order chi connectivity index (χ1) is 9.81. The summed E-state index contributed by atoms with van der Waals surface area (Å²) in [7, 11) is 0. The van der Waals surface area contributed by atoms with Gasteiger partial charge in [-0.05, 0) is 46.3 Å². The molecule has 2 N–H and O–H groups in total. The van der Waals surface area contributed by atoms with Crippen LogP contribution in [0, 0.1) is 0 Å². The number of fused-ring (bicyclic) bond motifs is 2. The van der Waals surface area contributed by atoms with Crippen molar-refractivity contribution in [1.29, 1.82) is 0 Å². The molecule has 2 aromatic carbocycles. The van der Waals surface area contributed by atoms with Crippen LogP contribution in [0.25, 0.3) is 22.1 Å². The summed E-state index contributed by atoms with van der Waals surface area (Å²) in [5, 5.41) is 8.20. The lowest BCUT2D eigenvalue weighted by molar-refractivity contribution is 0.315. The fraction of sp³-hybridized carbons (Fsp3) is 0. The van der Waals surface area contributed by atoms with Crippen LogP contribution in [0.4, 0.5) is 5.69 Å². The van der Waals surface area contributed by atoms with Gasteiger partial charge in [-0.1, -0.05) is 12.1 Å². The summed E-state index contributed by atoms with van der Waals surface area (Å²) >= 11 is 1.36. The predicted molar refractivity (Wildman–Crippen MR) is 74.3 cm³/mol. The number of aromatic nitrogens is 3. The number of nitrogen functional groups attached to an aromatic ring is 1. The first-order valence-corrected chi connectivity index (χ1v) is 6.67. The minimum atomic E-state index is 0.531. The lowest BCUT2D eigenvalue weighted by Crippen LogP contribution is -1.87. The second-order valence-corrected chi connectivity index (χ2v) is 5.16. The first kappa shape index (κ1) is 11.3. The van der Waals surface area contributed by atoms with Gasteiger partial charge >= 0.3 is 0 Å². The molecule has 0 radical (unpaired) electrons. The fourth-order valence-electron chi connectivity index (χ4n) is 1.93. The number of rotatable bonds is 2. The molecular weight excluding hydrogens is 276 g/mol. The van der Waals surface area contributed by atoms with Gasteiger partial charge in [0.15, 0.2) is 16.6 Å². The molecular formula is C13H8N4O2S. The minimum absolute atomic E-state index is 0.531. The molecule has 0 saturated heterocycles. The number of nitrogens with zero attached hydrogens (tertiary/aromatic N) is 3. The second kappa shape index (κ2) is 4.24. The van der Waals surface area contributed by atoms with E-state index >= 15 is 0 Å². The Balaban J connectivity index is 1.80. The molecule has 4 rings (SSSR count). The van der Waals surface area contributed by atoms with Gasteiger partial charge in [0.1, 0.15) is 5.52 Å². The highest BCUT2D eigenvalue weighted by molar-refractivity contribution is 7.99. The van der Waals surface area contributed by atoms with Crippen molar-refractivity contribution in [3.05, 3.63) is 36.4 Å². The Kier molecular flexibility index (Phi) is 2.40. The normalized spacial score (nSPS) is 11.4. The van der Waals surface area contributed by atoms with Gasteiger partial charge in [0.2, 0.25) is 0 Å². The van der Waals surface area contributed by atoms with E-state index in [0.29, 0.717) is 21.9 Å². The summed E-state index contributed by atoms with van der Waals surface area (Å²) in [6.07, 6.45) is 0. The molecule has 98 valence electrons. The summed E-state index contributed by atoms with van der Waals surface area (Å²) in [5.74, 6) is 0. The van der Waals surface area contributed by atoms with Crippen molar-refractivity contribution < 1.29 is 9.05 Å². The zero-order valence-corrected chi connectivity index (χ0v) is 10.9. The highest BCUT2D eigenvalue weighted by atomic mass is 32.2. The molecule has 20 heavy (non-hydrogen) atoms. The third-order valence-electron chi connectivity index (χ3n) is 2.88. The lowest BCUT2D eigenvalue weighted by Gasteiger charge is -1.98. The van der Waals surface area contributed by atoms with Gasteiger partial charge in [0, 0.05) is 4.90 Å². The molecule has 6 nitrogen and oxygen atoms in total. The van der Waals surface area contributed by atoms with Crippen LogP contribution in [-0.2, 0) is 0 Å². The first-order valence-electron chi connectivity index (χ1n) is 5.85. The molecule has 0 atom stereocenters. The van der Waals surface area contributed by atoms with Gasteiger partial charge in [-0.15, -0.1) is 0 Å². The van der Waals surface area contributed by atoms with E-state index in [9.17, 15) is 0 Å². The number of anilines is 1. The zero-order chi connectivity index (χ0) is 13.5. The van der Waals surface area contributed by atoms with Crippen molar-refractivity contribution in [3.8, 4) is 0 Å². The second-order valence-electron chi connectivity index (χ2n) is 4.16. The maximum atomic E-state index is 5.81. The Morgan fingerprint density at radius 1 is 1.00 bits per heavy atom. The molecule has 4 aromatic rings. The predicted octanol–water partition coefficient (Wildman–Crippen LogP) is 3.10. The van der Waals surface area contributed by atoms with Crippen molar-refractivity contribution in [1.82, 2.24) is 15.3 Å². The molecule has 2 aromatic heterocycles. The quantitative estimate of drug-likeness (QED) is 0.565. The van der Waals surface area contributed by atoms with Gasteiger partial charge < -0.3 is 10.2 Å². The number of oxazole rings is 1. The summed E-state index contributed by atoms with van der Waals surface area (Å²) in [6.45, 7) is 0. The van der Waals surface area contributed by atoms with Crippen LogP contribution >= 0.6 is 11.8 Å². The average Bonchev–Trinajstić information content (AvgIpc) is 3.08. The van der Waals surface area contributed by atoms with E-state index in [1.54, 1.807) is 6.07 Å². The van der Waals surface area contributed by atoms with Crippen molar-refractivity contribution in [2.75, 3.05) is 5.73 Å². The highest BCUT2D eigenvalue weighted by Gasteiger charge is 2.14. The largest absolute Gasteiger partial charge is 0.431 e. The van der Waals surface area contributed by atoms with Crippen molar-refractivity contribution in [2.45, 2.75) is 10.1 Å². The van der Waals surface area contributed by atoms with Crippen LogP contribution in [0.5, 0.6) is 0 Å². The molecule has 7 heteroatoms. The van der Waals surface area contributed by atoms with Crippen LogP contribution in [0.3, 0.4) is 0 Å². The molecule has 0 fully saturated rings. The monoisotopic (exact) mass is 284 g/mol. The Morgan fingerprint density at radius 3 is 2.75 bits per heavy atom. The van der Waals surface area contributed by atoms with Gasteiger partial charge in [0.05, 0.1) is 5.69 Å². The molecule has 0 spiro atoms. The molecule has 0 amide bonds. The summed E-state index contributed by atoms with van der Waals surface area (Å²) in [5.41, 5.74) is 9.07. The average molecular weight is 284 g/mol. The third-order valence-corrected chi connectivity index (χ3v) is 3.78. The highest BCUT2D eigenvalue weighted by Crippen LogP contribution is 2.35. The number of para-hydroxylation sites is 2. The Labute approximate surface area is 116 Å². The standard InChI is InChI=1S/C13H8N4O2S/c14-7-5-6-10(12-11(7)16-19-17-12)20-13-15-8-3-1-2-4-9(8)18-13/h1-6H,14H2. The molecule has 0 aliphatic heterocycles. The van der Waals surface area contributed by atoms with Crippen LogP contribution in [-0.4, -0.2) is 15.3 Å². The van der Waals surface area contributed by atoms with E-state index in [1.165, 1.54) is 11.8 Å². The number of hydrogen-bond acceptors (Lipinski definition) is 7. The van der Waals surface area contributed by atoms with Gasteiger partial charge in [-0.25, -0.2) is 9.61 Å². The van der Waals surface area contributed by atoms with Crippen LogP contribution in [0.2, 0.25) is 0 Å². The van der Waals surface area contributed by atoms with E-state index in [2.05, 4.69) is 15.3 Å².